The Kier molecular flexibility index (Phi) is 2.55. The number of aromatic nitrogens is 1. The Morgan fingerprint density at radius 1 is 1.26 bits per heavy atom. The number of hydrogen-bond donors (Lipinski definition) is 1. The van der Waals surface area contributed by atoms with Crippen LogP contribution in [0.5, 0.6) is 0 Å². The van der Waals surface area contributed by atoms with E-state index in [1.165, 1.54) is 10.9 Å². The third-order valence-electron chi connectivity index (χ3n) is 5.21. The van der Waals surface area contributed by atoms with Gasteiger partial charge in [-0.2, -0.15) is 0 Å². The second-order valence-electron chi connectivity index (χ2n) is 6.48. The van der Waals surface area contributed by atoms with E-state index in [2.05, 4.69) is 34.2 Å². The summed E-state index contributed by atoms with van der Waals surface area (Å²) in [5.74, 6) is -0.203. The predicted octanol–water partition coefficient (Wildman–Crippen LogP) is 3.01. The summed E-state index contributed by atoms with van der Waals surface area (Å²) in [5.41, 5.74) is 6.25. The molecule has 4 heteroatoms. The number of ether oxygens (including phenoxy) is 1. The van der Waals surface area contributed by atoms with Crippen molar-refractivity contribution < 1.29 is 9.53 Å². The molecule has 1 aromatic heterocycles. The average Bonchev–Trinajstić information content (AvgIpc) is 2.83. The molecule has 3 aliphatic heterocycles. The molecular weight excluding hydrogens is 288 g/mol. The van der Waals surface area contributed by atoms with E-state index in [0.29, 0.717) is 0 Å². The molecule has 0 amide bonds. The Labute approximate surface area is 134 Å². The van der Waals surface area contributed by atoms with Crippen LogP contribution in [0.4, 0.5) is 0 Å². The third-order valence-corrected chi connectivity index (χ3v) is 5.21. The van der Waals surface area contributed by atoms with Gasteiger partial charge in [0.15, 0.2) is 0 Å². The molecule has 1 atom stereocenters. The van der Waals surface area contributed by atoms with Crippen LogP contribution in [0.2, 0.25) is 0 Å². The minimum absolute atomic E-state index is 0.157. The van der Waals surface area contributed by atoms with Gasteiger partial charge in [-0.05, 0) is 31.4 Å². The lowest BCUT2D eigenvalue weighted by molar-refractivity contribution is -0.140. The lowest BCUT2D eigenvalue weighted by Crippen LogP contribution is -2.37. The van der Waals surface area contributed by atoms with Crippen LogP contribution in [0.1, 0.15) is 24.6 Å². The fraction of sp³-hybridized carbons (Fsp3) is 0.316. The molecular formula is C19H18N2O2. The summed E-state index contributed by atoms with van der Waals surface area (Å²) >= 11 is 0. The molecule has 4 heterocycles. The van der Waals surface area contributed by atoms with Gasteiger partial charge in [0.1, 0.15) is 11.7 Å². The first kappa shape index (κ1) is 13.0. The molecule has 5 rings (SSSR count). The van der Waals surface area contributed by atoms with Crippen LogP contribution >= 0.6 is 0 Å². The molecule has 0 spiro atoms. The third kappa shape index (κ3) is 1.69. The summed E-state index contributed by atoms with van der Waals surface area (Å²) < 4.78 is 5.64. The van der Waals surface area contributed by atoms with E-state index in [0.717, 1.165) is 54.0 Å². The zero-order valence-electron chi connectivity index (χ0n) is 13.1. The number of carbonyl (C=O) groups is 1. The highest BCUT2D eigenvalue weighted by Crippen LogP contribution is 2.42. The molecule has 0 saturated heterocycles. The summed E-state index contributed by atoms with van der Waals surface area (Å²) in [4.78, 5) is 18.6. The molecule has 23 heavy (non-hydrogen) atoms. The quantitative estimate of drug-likeness (QED) is 0.761. The van der Waals surface area contributed by atoms with Gasteiger partial charge in [0, 0.05) is 29.6 Å². The number of nitrogens with one attached hydrogen (secondary N) is 1. The van der Waals surface area contributed by atoms with Crippen molar-refractivity contribution in [2.45, 2.75) is 25.9 Å². The Morgan fingerprint density at radius 3 is 3.04 bits per heavy atom. The molecule has 3 aliphatic rings. The van der Waals surface area contributed by atoms with Gasteiger partial charge in [-0.3, -0.25) is 0 Å². The van der Waals surface area contributed by atoms with Crippen molar-refractivity contribution in [2.24, 2.45) is 0 Å². The van der Waals surface area contributed by atoms with Gasteiger partial charge in [-0.1, -0.05) is 24.3 Å². The number of para-hydroxylation sites is 1. The smallest absolute Gasteiger partial charge is 0.343 e. The Morgan fingerprint density at radius 2 is 2.13 bits per heavy atom. The summed E-state index contributed by atoms with van der Waals surface area (Å²) in [7, 11) is 0. The van der Waals surface area contributed by atoms with E-state index >= 15 is 0 Å². The number of rotatable bonds is 0. The predicted molar refractivity (Wildman–Crippen MR) is 88.7 cm³/mol. The maximum Gasteiger partial charge on any atom is 0.343 e. The maximum atomic E-state index is 12.7. The fourth-order valence-corrected chi connectivity index (χ4v) is 4.17. The van der Waals surface area contributed by atoms with Gasteiger partial charge in [-0.15, -0.1) is 0 Å². The first-order valence-corrected chi connectivity index (χ1v) is 8.24. The number of nitrogens with zero attached hydrogens (tertiary/aromatic N) is 1. The first-order valence-electron chi connectivity index (χ1n) is 8.24. The van der Waals surface area contributed by atoms with E-state index in [1.54, 1.807) is 0 Å². The monoisotopic (exact) mass is 306 g/mol. The highest BCUT2D eigenvalue weighted by molar-refractivity contribution is 6.20. The molecule has 0 bridgehead atoms. The molecule has 4 nitrogen and oxygen atoms in total. The van der Waals surface area contributed by atoms with Crippen molar-refractivity contribution in [1.82, 2.24) is 9.88 Å². The molecule has 0 fully saturated rings. The Balaban J connectivity index is 1.85. The normalized spacial score (nSPS) is 23.2. The van der Waals surface area contributed by atoms with E-state index in [-0.39, 0.29) is 12.1 Å². The number of esters is 1. The topological polar surface area (TPSA) is 45.3 Å². The van der Waals surface area contributed by atoms with E-state index < -0.39 is 0 Å². The molecule has 0 aliphatic carbocycles. The van der Waals surface area contributed by atoms with Gasteiger partial charge in [-0.25, -0.2) is 4.79 Å². The summed E-state index contributed by atoms with van der Waals surface area (Å²) in [6.07, 6.45) is 4.04. The summed E-state index contributed by atoms with van der Waals surface area (Å²) in [6, 6.07) is 8.28. The maximum absolute atomic E-state index is 12.7. The van der Waals surface area contributed by atoms with Gasteiger partial charge in [0.2, 0.25) is 0 Å². The second-order valence-corrected chi connectivity index (χ2v) is 6.48. The Bertz CT molecular complexity index is 903. The van der Waals surface area contributed by atoms with Crippen molar-refractivity contribution in [2.75, 3.05) is 13.1 Å². The summed E-state index contributed by atoms with van der Waals surface area (Å²) in [5, 5.41) is 1.22. The van der Waals surface area contributed by atoms with Crippen molar-refractivity contribution >= 4 is 22.4 Å². The molecule has 0 unspecified atom stereocenters. The molecule has 1 N–H and O–H groups in total. The van der Waals surface area contributed by atoms with Crippen LogP contribution in [0.15, 0.2) is 41.6 Å². The zero-order valence-corrected chi connectivity index (χ0v) is 13.1. The van der Waals surface area contributed by atoms with Crippen LogP contribution in [-0.4, -0.2) is 35.0 Å². The van der Waals surface area contributed by atoms with Crippen molar-refractivity contribution in [3.8, 4) is 0 Å². The molecule has 116 valence electrons. The van der Waals surface area contributed by atoms with Crippen molar-refractivity contribution in [3.63, 3.8) is 0 Å². The largest absolute Gasteiger partial charge is 0.454 e. The number of hydrogen-bond acceptors (Lipinski definition) is 3. The lowest BCUT2D eigenvalue weighted by Gasteiger charge is -2.37. The molecule has 1 aromatic carbocycles. The van der Waals surface area contributed by atoms with Gasteiger partial charge < -0.3 is 14.6 Å². The fourth-order valence-electron chi connectivity index (χ4n) is 4.17. The molecule has 2 aromatic rings. The number of aromatic amines is 1. The first-order chi connectivity index (χ1) is 11.2. The highest BCUT2D eigenvalue weighted by atomic mass is 16.5. The van der Waals surface area contributed by atoms with E-state index in [1.807, 2.05) is 13.0 Å². The molecule has 0 radical (unpaired) electrons. The number of carbonyl (C=O) groups excluding carboxylic acids is 1. The average molecular weight is 306 g/mol. The van der Waals surface area contributed by atoms with Crippen molar-refractivity contribution in [3.05, 3.63) is 52.9 Å². The number of H-pyrrole nitrogens is 1. The van der Waals surface area contributed by atoms with Crippen LogP contribution < -0.4 is 0 Å². The minimum atomic E-state index is -0.203. The molecule has 0 saturated carbocycles. The van der Waals surface area contributed by atoms with Crippen LogP contribution in [0.25, 0.3) is 16.5 Å². The Hall–Kier alpha value is -2.49. The van der Waals surface area contributed by atoms with Crippen LogP contribution in [-0.2, 0) is 16.0 Å². The van der Waals surface area contributed by atoms with Crippen LogP contribution in [0, 0.1) is 0 Å². The van der Waals surface area contributed by atoms with Gasteiger partial charge >= 0.3 is 5.97 Å². The number of benzene rings is 1. The SMILES string of the molecule is C[C@H]1OC(=O)C2=C3C1=CCCN3CCc1c2[nH]c2ccccc12. The lowest BCUT2D eigenvalue weighted by atomic mass is 9.92. The standard InChI is InChI=1S/C19H18N2O2/c1-11-12-6-4-9-21-10-8-14-13-5-2-3-7-15(13)20-17(14)16(18(12)21)19(22)23-11/h2-3,5-7,11,20H,4,8-10H2,1H3/t11-/m1/s1. The van der Waals surface area contributed by atoms with E-state index in [9.17, 15) is 4.79 Å². The van der Waals surface area contributed by atoms with Gasteiger partial charge in [0.05, 0.1) is 11.4 Å². The second kappa shape index (κ2) is 4.51. The van der Waals surface area contributed by atoms with Gasteiger partial charge in [0.25, 0.3) is 0 Å². The summed E-state index contributed by atoms with van der Waals surface area (Å²) in [6.45, 7) is 3.89. The van der Waals surface area contributed by atoms with Crippen LogP contribution in [0.3, 0.4) is 0 Å². The minimum Gasteiger partial charge on any atom is -0.454 e. The zero-order chi connectivity index (χ0) is 15.6. The highest BCUT2D eigenvalue weighted by Gasteiger charge is 2.39. The number of cyclic esters (lactones) is 1. The van der Waals surface area contributed by atoms with E-state index in [4.69, 9.17) is 4.74 Å². The number of fused-ring (bicyclic) bond motifs is 4. The van der Waals surface area contributed by atoms with Crippen molar-refractivity contribution in [1.29, 1.82) is 0 Å².